The van der Waals surface area contributed by atoms with E-state index in [-0.39, 0.29) is 17.2 Å². The van der Waals surface area contributed by atoms with Gasteiger partial charge in [0, 0.05) is 23.4 Å². The number of nitrogens with two attached hydrogens (primary N) is 1. The summed E-state index contributed by atoms with van der Waals surface area (Å²) in [5, 5.41) is 0. The van der Waals surface area contributed by atoms with Crippen molar-refractivity contribution in [1.82, 2.24) is 9.97 Å². The van der Waals surface area contributed by atoms with Crippen LogP contribution < -0.4 is 15.2 Å². The maximum Gasteiger partial charge on any atom is 0.269 e. The first-order valence-corrected chi connectivity index (χ1v) is 8.26. The van der Waals surface area contributed by atoms with E-state index in [4.69, 9.17) is 15.2 Å². The Morgan fingerprint density at radius 1 is 1.11 bits per heavy atom. The molecule has 144 valence electrons. The van der Waals surface area contributed by atoms with Gasteiger partial charge in [-0.2, -0.15) is 0 Å². The van der Waals surface area contributed by atoms with Crippen LogP contribution in [0.15, 0.2) is 48.8 Å². The van der Waals surface area contributed by atoms with Crippen molar-refractivity contribution in [3.8, 4) is 28.6 Å². The number of pyridine rings is 2. The van der Waals surface area contributed by atoms with Gasteiger partial charge in [0.2, 0.25) is 11.8 Å². The summed E-state index contributed by atoms with van der Waals surface area (Å²) in [5.41, 5.74) is 7.47. The van der Waals surface area contributed by atoms with E-state index in [0.717, 1.165) is 11.1 Å². The molecule has 0 bridgehead atoms. The Balaban J connectivity index is 1.89. The first-order chi connectivity index (χ1) is 13.4. The highest BCUT2D eigenvalue weighted by Crippen LogP contribution is 2.32. The molecule has 28 heavy (non-hydrogen) atoms. The Labute approximate surface area is 160 Å². The molecule has 0 unspecified atom stereocenters. The fourth-order valence-electron chi connectivity index (χ4n) is 2.70. The van der Waals surface area contributed by atoms with E-state index in [9.17, 15) is 13.6 Å². The number of aryl methyl sites for hydroxylation is 1. The third-order valence-corrected chi connectivity index (χ3v) is 4.04. The first kappa shape index (κ1) is 19.2. The number of aromatic nitrogens is 2. The second kappa shape index (κ2) is 7.99. The molecule has 3 aromatic rings. The SMILES string of the molecule is COc1ncc(Oc2ccnc(-c3ccc(C(N)=O)c(C)c3)c2)cc1C(F)F. The van der Waals surface area contributed by atoms with Gasteiger partial charge in [-0.25, -0.2) is 13.8 Å². The smallest absolute Gasteiger partial charge is 0.269 e. The number of benzene rings is 1. The number of primary amides is 1. The van der Waals surface area contributed by atoms with Gasteiger partial charge in [0.1, 0.15) is 11.5 Å². The molecular formula is C20H17F2N3O3. The number of hydrogen-bond acceptors (Lipinski definition) is 5. The van der Waals surface area contributed by atoms with E-state index in [2.05, 4.69) is 9.97 Å². The first-order valence-electron chi connectivity index (χ1n) is 8.26. The summed E-state index contributed by atoms with van der Waals surface area (Å²) < 4.78 is 36.7. The molecule has 2 N–H and O–H groups in total. The molecule has 0 aliphatic carbocycles. The third kappa shape index (κ3) is 4.06. The maximum absolute atomic E-state index is 13.1. The Bertz CT molecular complexity index is 1030. The number of halogens is 2. The predicted octanol–water partition coefficient (Wildman–Crippen LogP) is 4.29. The number of amides is 1. The van der Waals surface area contributed by atoms with Crippen LogP contribution in [-0.2, 0) is 0 Å². The lowest BCUT2D eigenvalue weighted by Gasteiger charge is -2.11. The van der Waals surface area contributed by atoms with Gasteiger partial charge in [-0.15, -0.1) is 0 Å². The van der Waals surface area contributed by atoms with Crippen molar-refractivity contribution < 1.29 is 23.0 Å². The van der Waals surface area contributed by atoms with Crippen LogP contribution in [0.25, 0.3) is 11.3 Å². The van der Waals surface area contributed by atoms with Crippen molar-refractivity contribution in [2.45, 2.75) is 13.3 Å². The number of carbonyl (C=O) groups is 1. The van der Waals surface area contributed by atoms with Crippen LogP contribution in [0, 0.1) is 6.92 Å². The predicted molar refractivity (Wildman–Crippen MR) is 98.7 cm³/mol. The van der Waals surface area contributed by atoms with Gasteiger partial charge in [0.15, 0.2) is 0 Å². The molecule has 3 rings (SSSR count). The standard InChI is InChI=1S/C20H17F2N3O3/c1-11-7-12(3-4-15(11)19(23)26)17-9-13(5-6-24-17)28-14-8-16(18(21)22)20(27-2)25-10-14/h3-10,18H,1-2H3,(H2,23,26). The fraction of sp³-hybridized carbons (Fsp3) is 0.150. The third-order valence-electron chi connectivity index (χ3n) is 4.04. The number of ether oxygens (including phenoxy) is 2. The van der Waals surface area contributed by atoms with Crippen molar-refractivity contribution >= 4 is 5.91 Å². The van der Waals surface area contributed by atoms with Gasteiger partial charge in [0.25, 0.3) is 6.43 Å². The van der Waals surface area contributed by atoms with E-state index < -0.39 is 12.3 Å². The van der Waals surface area contributed by atoms with Crippen LogP contribution in [0.1, 0.15) is 27.9 Å². The van der Waals surface area contributed by atoms with Crippen LogP contribution in [0.4, 0.5) is 8.78 Å². The van der Waals surface area contributed by atoms with Crippen molar-refractivity contribution in [1.29, 1.82) is 0 Å². The lowest BCUT2D eigenvalue weighted by molar-refractivity contribution is 0.0999. The average molecular weight is 385 g/mol. The van der Waals surface area contributed by atoms with Crippen molar-refractivity contribution in [2.24, 2.45) is 5.73 Å². The number of carbonyl (C=O) groups excluding carboxylic acids is 1. The summed E-state index contributed by atoms with van der Waals surface area (Å²) in [6, 6.07) is 9.58. The molecule has 2 heterocycles. The minimum Gasteiger partial charge on any atom is -0.481 e. The summed E-state index contributed by atoms with van der Waals surface area (Å²) in [4.78, 5) is 19.5. The van der Waals surface area contributed by atoms with Gasteiger partial charge in [0.05, 0.1) is 24.6 Å². The summed E-state index contributed by atoms with van der Waals surface area (Å²) in [7, 11) is 1.27. The van der Waals surface area contributed by atoms with Gasteiger partial charge < -0.3 is 15.2 Å². The highest BCUT2D eigenvalue weighted by Gasteiger charge is 2.17. The molecule has 2 aromatic heterocycles. The number of methoxy groups -OCH3 is 1. The molecule has 0 aliphatic heterocycles. The summed E-state index contributed by atoms with van der Waals surface area (Å²) >= 11 is 0. The highest BCUT2D eigenvalue weighted by molar-refractivity contribution is 5.94. The number of alkyl halides is 2. The van der Waals surface area contributed by atoms with Gasteiger partial charge in [-0.1, -0.05) is 6.07 Å². The molecule has 1 aromatic carbocycles. The topological polar surface area (TPSA) is 87.3 Å². The summed E-state index contributed by atoms with van der Waals surface area (Å²) in [6.07, 6.45) is 0.0922. The van der Waals surface area contributed by atoms with E-state index in [1.54, 1.807) is 37.3 Å². The Morgan fingerprint density at radius 2 is 1.89 bits per heavy atom. The van der Waals surface area contributed by atoms with E-state index in [1.165, 1.54) is 25.6 Å². The number of rotatable bonds is 6. The molecule has 1 amide bonds. The molecular weight excluding hydrogens is 368 g/mol. The molecule has 0 fully saturated rings. The molecule has 6 nitrogen and oxygen atoms in total. The zero-order chi connectivity index (χ0) is 20.3. The van der Waals surface area contributed by atoms with Crippen molar-refractivity contribution in [3.63, 3.8) is 0 Å². The minimum atomic E-state index is -2.74. The molecule has 0 aliphatic rings. The van der Waals surface area contributed by atoms with Crippen LogP contribution in [-0.4, -0.2) is 23.0 Å². The van der Waals surface area contributed by atoms with E-state index in [1.807, 2.05) is 0 Å². The van der Waals surface area contributed by atoms with E-state index >= 15 is 0 Å². The summed E-state index contributed by atoms with van der Waals surface area (Å²) in [5.74, 6) is -0.110. The average Bonchev–Trinajstić information content (AvgIpc) is 2.67. The quantitative estimate of drug-likeness (QED) is 0.684. The van der Waals surface area contributed by atoms with Crippen LogP contribution >= 0.6 is 0 Å². The normalized spacial score (nSPS) is 10.8. The molecule has 0 saturated carbocycles. The highest BCUT2D eigenvalue weighted by atomic mass is 19.3. The zero-order valence-electron chi connectivity index (χ0n) is 15.1. The van der Waals surface area contributed by atoms with Crippen LogP contribution in [0.3, 0.4) is 0 Å². The lowest BCUT2D eigenvalue weighted by atomic mass is 10.0. The Morgan fingerprint density at radius 3 is 2.54 bits per heavy atom. The largest absolute Gasteiger partial charge is 0.481 e. The van der Waals surface area contributed by atoms with E-state index in [0.29, 0.717) is 17.0 Å². The molecule has 0 radical (unpaired) electrons. The molecule has 0 saturated heterocycles. The van der Waals surface area contributed by atoms with Crippen molar-refractivity contribution in [2.75, 3.05) is 7.11 Å². The maximum atomic E-state index is 13.1. The van der Waals surface area contributed by atoms with Gasteiger partial charge >= 0.3 is 0 Å². The Hall–Kier alpha value is -3.55. The molecule has 0 spiro atoms. The lowest BCUT2D eigenvalue weighted by Crippen LogP contribution is -2.12. The number of nitrogens with zero attached hydrogens (tertiary/aromatic N) is 2. The molecule has 0 atom stereocenters. The van der Waals surface area contributed by atoms with Crippen molar-refractivity contribution in [3.05, 3.63) is 65.5 Å². The second-order valence-corrected chi connectivity index (χ2v) is 5.94. The molecule has 8 heteroatoms. The van der Waals surface area contributed by atoms with Crippen LogP contribution in [0.5, 0.6) is 17.4 Å². The second-order valence-electron chi connectivity index (χ2n) is 5.94. The monoisotopic (exact) mass is 385 g/mol. The minimum absolute atomic E-state index is 0.147. The Kier molecular flexibility index (Phi) is 5.49. The summed E-state index contributed by atoms with van der Waals surface area (Å²) in [6.45, 7) is 1.78. The van der Waals surface area contributed by atoms with Gasteiger partial charge in [-0.05, 0) is 36.8 Å². The fourth-order valence-corrected chi connectivity index (χ4v) is 2.70. The van der Waals surface area contributed by atoms with Gasteiger partial charge in [-0.3, -0.25) is 9.78 Å². The zero-order valence-corrected chi connectivity index (χ0v) is 15.1. The number of hydrogen-bond donors (Lipinski definition) is 1. The van der Waals surface area contributed by atoms with Crippen LogP contribution in [0.2, 0.25) is 0 Å².